The van der Waals surface area contributed by atoms with E-state index in [0.29, 0.717) is 17.2 Å². The normalized spacial score (nSPS) is 10.5. The first-order valence-corrected chi connectivity index (χ1v) is 6.51. The quantitative estimate of drug-likeness (QED) is 0.786. The molecule has 0 aliphatic carbocycles. The van der Waals surface area contributed by atoms with Gasteiger partial charge in [-0.3, -0.25) is 4.98 Å². The minimum Gasteiger partial charge on any atom is -0.477 e. The van der Waals surface area contributed by atoms with Crippen LogP contribution in [-0.4, -0.2) is 16.1 Å². The van der Waals surface area contributed by atoms with Crippen LogP contribution in [0, 0.1) is 6.92 Å². The third-order valence-electron chi connectivity index (χ3n) is 3.20. The molecule has 0 spiro atoms. The smallest absolute Gasteiger partial charge is 0.341 e. The van der Waals surface area contributed by atoms with E-state index in [1.807, 2.05) is 42.5 Å². The van der Waals surface area contributed by atoms with Gasteiger partial charge in [-0.15, -0.1) is 0 Å². The number of nitrogens with zero attached hydrogens (tertiary/aromatic N) is 1. The van der Waals surface area contributed by atoms with Gasteiger partial charge in [0, 0.05) is 23.3 Å². The van der Waals surface area contributed by atoms with Gasteiger partial charge in [0.05, 0.1) is 0 Å². The molecule has 0 amide bonds. The highest BCUT2D eigenvalue weighted by Gasteiger charge is 2.14. The maximum atomic E-state index is 11.3. The van der Waals surface area contributed by atoms with E-state index < -0.39 is 5.97 Å². The third-order valence-corrected chi connectivity index (χ3v) is 3.20. The first-order chi connectivity index (χ1) is 10.1. The number of ether oxygens (including phenoxy) is 1. The maximum Gasteiger partial charge on any atom is 0.341 e. The first kappa shape index (κ1) is 13.1. The van der Waals surface area contributed by atoms with Crippen molar-refractivity contribution in [3.8, 4) is 11.5 Å². The number of fused-ring (bicyclic) bond motifs is 1. The molecule has 3 rings (SSSR count). The number of hydrogen-bond donors (Lipinski definition) is 1. The fourth-order valence-corrected chi connectivity index (χ4v) is 2.18. The lowest BCUT2D eigenvalue weighted by Gasteiger charge is -2.11. The van der Waals surface area contributed by atoms with Crippen molar-refractivity contribution in [2.24, 2.45) is 0 Å². The van der Waals surface area contributed by atoms with E-state index in [2.05, 4.69) is 4.98 Å². The van der Waals surface area contributed by atoms with Crippen molar-refractivity contribution in [1.29, 1.82) is 0 Å². The molecule has 0 atom stereocenters. The average molecular weight is 279 g/mol. The number of carboxylic acid groups (broad SMARTS) is 1. The van der Waals surface area contributed by atoms with Gasteiger partial charge in [0.1, 0.15) is 17.1 Å². The number of carboxylic acids is 1. The number of benzene rings is 2. The van der Waals surface area contributed by atoms with Gasteiger partial charge < -0.3 is 9.84 Å². The van der Waals surface area contributed by atoms with E-state index in [-0.39, 0.29) is 5.56 Å². The lowest BCUT2D eigenvalue weighted by atomic mass is 10.1. The van der Waals surface area contributed by atoms with E-state index in [1.165, 1.54) is 6.20 Å². The predicted octanol–water partition coefficient (Wildman–Crippen LogP) is 4.03. The molecule has 104 valence electrons. The van der Waals surface area contributed by atoms with Crippen LogP contribution in [0.2, 0.25) is 0 Å². The van der Waals surface area contributed by atoms with Crippen molar-refractivity contribution in [2.75, 3.05) is 0 Å². The molecule has 4 nitrogen and oxygen atoms in total. The van der Waals surface area contributed by atoms with E-state index >= 15 is 0 Å². The van der Waals surface area contributed by atoms with Crippen LogP contribution in [0.4, 0.5) is 0 Å². The van der Waals surface area contributed by atoms with Crippen LogP contribution in [0.25, 0.3) is 10.8 Å². The summed E-state index contributed by atoms with van der Waals surface area (Å²) >= 11 is 0. The molecule has 3 aromatic rings. The Morgan fingerprint density at radius 2 is 1.86 bits per heavy atom. The lowest BCUT2D eigenvalue weighted by molar-refractivity contribution is 0.0693. The molecule has 21 heavy (non-hydrogen) atoms. The summed E-state index contributed by atoms with van der Waals surface area (Å²) in [5.74, 6) is -0.134. The highest BCUT2D eigenvalue weighted by Crippen LogP contribution is 2.31. The standard InChI is InChI=1S/C17H13NO3/c1-11-9-16(14(10-18-11)17(19)20)21-15-8-4-6-12-5-2-3-7-13(12)15/h2-10H,1H3,(H,19,20). The number of pyridine rings is 1. The van der Waals surface area contributed by atoms with Gasteiger partial charge in [0.25, 0.3) is 0 Å². The van der Waals surface area contributed by atoms with Crippen LogP contribution in [0.15, 0.2) is 54.7 Å². The fourth-order valence-electron chi connectivity index (χ4n) is 2.18. The van der Waals surface area contributed by atoms with Crippen LogP contribution in [-0.2, 0) is 0 Å². The molecule has 0 aliphatic rings. The number of aryl methyl sites for hydroxylation is 1. The first-order valence-electron chi connectivity index (χ1n) is 6.51. The van der Waals surface area contributed by atoms with Crippen molar-refractivity contribution < 1.29 is 14.6 Å². The third kappa shape index (κ3) is 2.56. The number of aromatic carboxylic acids is 1. The molecule has 0 saturated carbocycles. The summed E-state index contributed by atoms with van der Waals surface area (Å²) in [6.45, 7) is 1.79. The van der Waals surface area contributed by atoms with E-state index in [0.717, 1.165) is 10.8 Å². The Labute approximate surface area is 121 Å². The number of rotatable bonds is 3. The molecule has 0 bridgehead atoms. The van der Waals surface area contributed by atoms with Crippen LogP contribution in [0.3, 0.4) is 0 Å². The summed E-state index contributed by atoms with van der Waals surface area (Å²) in [7, 11) is 0. The van der Waals surface area contributed by atoms with Crippen LogP contribution < -0.4 is 4.74 Å². The molecule has 4 heteroatoms. The lowest BCUT2D eigenvalue weighted by Crippen LogP contribution is -2.02. The second kappa shape index (κ2) is 5.25. The van der Waals surface area contributed by atoms with Gasteiger partial charge in [-0.25, -0.2) is 4.79 Å². The highest BCUT2D eigenvalue weighted by atomic mass is 16.5. The summed E-state index contributed by atoms with van der Waals surface area (Å²) < 4.78 is 5.84. The molecule has 0 saturated heterocycles. The zero-order valence-corrected chi connectivity index (χ0v) is 11.4. The van der Waals surface area contributed by atoms with Crippen molar-refractivity contribution in [1.82, 2.24) is 4.98 Å². The van der Waals surface area contributed by atoms with Gasteiger partial charge in [-0.05, 0) is 18.4 Å². The van der Waals surface area contributed by atoms with E-state index in [1.54, 1.807) is 13.0 Å². The number of hydrogen-bond acceptors (Lipinski definition) is 3. The second-order valence-electron chi connectivity index (χ2n) is 4.71. The van der Waals surface area contributed by atoms with Crippen LogP contribution in [0.1, 0.15) is 16.1 Å². The van der Waals surface area contributed by atoms with Crippen molar-refractivity contribution in [3.05, 3.63) is 66.0 Å². The highest BCUT2D eigenvalue weighted by molar-refractivity contribution is 5.92. The van der Waals surface area contributed by atoms with E-state index in [4.69, 9.17) is 4.74 Å². The Bertz CT molecular complexity index is 822. The summed E-state index contributed by atoms with van der Waals surface area (Å²) in [5, 5.41) is 11.2. The largest absolute Gasteiger partial charge is 0.477 e. The van der Waals surface area contributed by atoms with Crippen molar-refractivity contribution in [2.45, 2.75) is 6.92 Å². The van der Waals surface area contributed by atoms with Crippen molar-refractivity contribution in [3.63, 3.8) is 0 Å². The molecular weight excluding hydrogens is 266 g/mol. The number of carbonyl (C=O) groups is 1. The second-order valence-corrected chi connectivity index (χ2v) is 4.71. The van der Waals surface area contributed by atoms with Gasteiger partial charge >= 0.3 is 5.97 Å². The average Bonchev–Trinajstić information content (AvgIpc) is 2.47. The Morgan fingerprint density at radius 3 is 2.67 bits per heavy atom. The topological polar surface area (TPSA) is 59.4 Å². The summed E-state index contributed by atoms with van der Waals surface area (Å²) in [6, 6.07) is 15.1. The van der Waals surface area contributed by atoms with Gasteiger partial charge in [0.2, 0.25) is 0 Å². The predicted molar refractivity (Wildman–Crippen MR) is 80.0 cm³/mol. The summed E-state index contributed by atoms with van der Waals surface area (Å²) in [6.07, 6.45) is 1.32. The molecular formula is C17H13NO3. The molecule has 0 aliphatic heterocycles. The Balaban J connectivity index is 2.11. The SMILES string of the molecule is Cc1cc(Oc2cccc3ccccc23)c(C(=O)O)cn1. The Hall–Kier alpha value is -2.88. The number of aromatic nitrogens is 1. The molecule has 0 fully saturated rings. The van der Waals surface area contributed by atoms with Gasteiger partial charge in [0.15, 0.2) is 0 Å². The van der Waals surface area contributed by atoms with Gasteiger partial charge in [-0.2, -0.15) is 0 Å². The maximum absolute atomic E-state index is 11.3. The fraction of sp³-hybridized carbons (Fsp3) is 0.0588. The minimum absolute atomic E-state index is 0.0496. The molecule has 1 heterocycles. The minimum atomic E-state index is -1.06. The molecule has 1 N–H and O–H groups in total. The molecule has 1 aromatic heterocycles. The summed E-state index contributed by atoms with van der Waals surface area (Å²) in [4.78, 5) is 15.3. The molecule has 0 radical (unpaired) electrons. The molecule has 2 aromatic carbocycles. The molecule has 0 unspecified atom stereocenters. The monoisotopic (exact) mass is 279 g/mol. The summed E-state index contributed by atoms with van der Waals surface area (Å²) in [5.41, 5.74) is 0.753. The Morgan fingerprint density at radius 1 is 1.10 bits per heavy atom. The zero-order chi connectivity index (χ0) is 14.8. The Kier molecular flexibility index (Phi) is 3.28. The van der Waals surface area contributed by atoms with Gasteiger partial charge in [-0.1, -0.05) is 36.4 Å². The van der Waals surface area contributed by atoms with Crippen LogP contribution in [0.5, 0.6) is 11.5 Å². The van der Waals surface area contributed by atoms with Crippen LogP contribution >= 0.6 is 0 Å². The van der Waals surface area contributed by atoms with E-state index in [9.17, 15) is 9.90 Å². The zero-order valence-electron chi connectivity index (χ0n) is 11.4. The van der Waals surface area contributed by atoms with Crippen molar-refractivity contribution >= 4 is 16.7 Å².